The average Bonchev–Trinajstić information content (AvgIpc) is 2.89. The molecule has 126 valence electrons. The van der Waals surface area contributed by atoms with Gasteiger partial charge in [-0.2, -0.15) is 0 Å². The monoisotopic (exact) mass is 324 g/mol. The van der Waals surface area contributed by atoms with Crippen molar-refractivity contribution in [1.29, 1.82) is 0 Å². The van der Waals surface area contributed by atoms with Gasteiger partial charge in [-0.1, -0.05) is 13.5 Å². The molecule has 1 heterocycles. The highest BCUT2D eigenvalue weighted by molar-refractivity contribution is 6.50. The van der Waals surface area contributed by atoms with Crippen molar-refractivity contribution < 1.29 is 31.4 Å². The third-order valence-corrected chi connectivity index (χ3v) is 3.02. The maximum atomic E-state index is 11.2. The van der Waals surface area contributed by atoms with Crippen LogP contribution in [-0.2, 0) is 9.53 Å². The molecule has 0 amide bonds. The van der Waals surface area contributed by atoms with Crippen molar-refractivity contribution in [2.45, 2.75) is 33.2 Å². The maximum absolute atomic E-state index is 11.2. The normalized spacial score (nSPS) is 13.6. The number of hydrogen-bond acceptors (Lipinski definition) is 2. The van der Waals surface area contributed by atoms with E-state index >= 15 is 0 Å². The zero-order chi connectivity index (χ0) is 17.3. The predicted molar refractivity (Wildman–Crippen MR) is 75.4 cm³/mol. The highest BCUT2D eigenvalue weighted by Gasteiger charge is 2.20. The first-order valence-corrected chi connectivity index (χ1v) is 6.75. The van der Waals surface area contributed by atoms with E-state index < -0.39 is 7.25 Å². The van der Waals surface area contributed by atoms with E-state index in [2.05, 4.69) is 30.0 Å². The van der Waals surface area contributed by atoms with E-state index in [9.17, 15) is 22.1 Å². The molecule has 0 aliphatic heterocycles. The number of imidazole rings is 1. The Morgan fingerprint density at radius 1 is 1.36 bits per heavy atom. The number of carbonyl (C=O) groups is 1. The molecule has 2 atom stereocenters. The Morgan fingerprint density at radius 2 is 1.91 bits per heavy atom. The second-order valence-corrected chi connectivity index (χ2v) is 4.98. The third kappa shape index (κ3) is 10.0. The van der Waals surface area contributed by atoms with Gasteiger partial charge in [0.05, 0.1) is 6.61 Å². The van der Waals surface area contributed by atoms with Crippen LogP contribution in [0.5, 0.6) is 0 Å². The molecule has 0 radical (unpaired) electrons. The first-order chi connectivity index (χ1) is 10.0. The first-order valence-electron chi connectivity index (χ1n) is 6.75. The fourth-order valence-electron chi connectivity index (χ4n) is 1.55. The van der Waals surface area contributed by atoms with Crippen LogP contribution in [0, 0.1) is 5.92 Å². The Morgan fingerprint density at radius 3 is 2.32 bits per heavy atom. The van der Waals surface area contributed by atoms with E-state index in [-0.39, 0.29) is 5.97 Å². The van der Waals surface area contributed by atoms with Crippen LogP contribution in [0.3, 0.4) is 0 Å². The molecule has 2 unspecified atom stereocenters. The highest BCUT2D eigenvalue weighted by Crippen LogP contribution is 2.14. The summed E-state index contributed by atoms with van der Waals surface area (Å²) in [6.45, 7) is 9.95. The van der Waals surface area contributed by atoms with Crippen molar-refractivity contribution in [3.63, 3.8) is 0 Å². The Hall–Kier alpha value is -1.80. The number of ether oxygens (including phenoxy) is 1. The standard InChI is InChI=1S/C13H20N2O2.BF4/c1-10(2)13(16)17-8-5-11(3)12(4)15-7-6-14-9-15;2-1(3,4)5/h6-7,9,11-12H,1,5,8H2,2-4H3;/q;-1/p+1. The number of hydrogen-bond donors (Lipinski definition) is 1. The summed E-state index contributed by atoms with van der Waals surface area (Å²) in [5, 5.41) is 0. The van der Waals surface area contributed by atoms with Crippen molar-refractivity contribution in [1.82, 2.24) is 4.98 Å². The summed E-state index contributed by atoms with van der Waals surface area (Å²) in [6.07, 6.45) is 6.67. The lowest BCUT2D eigenvalue weighted by molar-refractivity contribution is -0.725. The van der Waals surface area contributed by atoms with Gasteiger partial charge in [0, 0.05) is 5.57 Å². The topological polar surface area (TPSA) is 46.0 Å². The van der Waals surface area contributed by atoms with E-state index in [1.807, 2.05) is 18.7 Å². The van der Waals surface area contributed by atoms with Crippen molar-refractivity contribution in [3.8, 4) is 0 Å². The average molecular weight is 324 g/mol. The lowest BCUT2D eigenvalue weighted by atomic mass is 10.0. The Labute approximate surface area is 127 Å². The van der Waals surface area contributed by atoms with Gasteiger partial charge in [0.1, 0.15) is 18.4 Å². The SMILES string of the molecule is C=C(C)C(=O)OCCC(C)C(C)[n+]1cc[nH]c1.F[B-](F)(F)F. The van der Waals surface area contributed by atoms with Gasteiger partial charge in [-0.25, -0.2) is 9.36 Å². The van der Waals surface area contributed by atoms with Gasteiger partial charge in [0.2, 0.25) is 6.33 Å². The van der Waals surface area contributed by atoms with E-state index in [1.54, 1.807) is 6.92 Å². The summed E-state index contributed by atoms with van der Waals surface area (Å²) in [5.41, 5.74) is 0.450. The van der Waals surface area contributed by atoms with Crippen LogP contribution >= 0.6 is 0 Å². The minimum Gasteiger partial charge on any atom is -0.462 e. The molecule has 1 aromatic heterocycles. The van der Waals surface area contributed by atoms with Crippen molar-refractivity contribution >= 4 is 13.2 Å². The quantitative estimate of drug-likeness (QED) is 0.287. The summed E-state index contributed by atoms with van der Waals surface area (Å²) in [7, 11) is -6.00. The molecule has 0 aliphatic rings. The van der Waals surface area contributed by atoms with Gasteiger partial charge in [0.25, 0.3) is 0 Å². The van der Waals surface area contributed by atoms with Gasteiger partial charge in [0.15, 0.2) is 0 Å². The van der Waals surface area contributed by atoms with E-state index in [1.165, 1.54) is 0 Å². The maximum Gasteiger partial charge on any atom is 0.673 e. The number of rotatable bonds is 6. The zero-order valence-corrected chi connectivity index (χ0v) is 12.9. The number of nitrogens with one attached hydrogen (secondary N) is 1. The summed E-state index contributed by atoms with van der Waals surface area (Å²) in [5.74, 6) is 0.132. The Balaban J connectivity index is 0.000000763. The number of nitrogens with zero attached hydrogens (tertiary/aromatic N) is 1. The zero-order valence-electron chi connectivity index (χ0n) is 12.9. The van der Waals surface area contributed by atoms with Crippen LogP contribution in [-0.4, -0.2) is 24.8 Å². The van der Waals surface area contributed by atoms with E-state index in [4.69, 9.17) is 4.74 Å². The molecule has 1 N–H and O–H groups in total. The van der Waals surface area contributed by atoms with Gasteiger partial charge >= 0.3 is 13.2 Å². The Bertz CT molecular complexity index is 457. The number of carbonyl (C=O) groups excluding carboxylic acids is 1. The fourth-order valence-corrected chi connectivity index (χ4v) is 1.55. The summed E-state index contributed by atoms with van der Waals surface area (Å²) >= 11 is 0. The number of aromatic nitrogens is 2. The van der Waals surface area contributed by atoms with Crippen LogP contribution in [0.15, 0.2) is 30.9 Å². The minimum absolute atomic E-state index is 0.306. The molecule has 0 saturated heterocycles. The van der Waals surface area contributed by atoms with Crippen molar-refractivity contribution in [2.75, 3.05) is 6.61 Å². The molecule has 1 rings (SSSR count). The molecule has 0 saturated carbocycles. The second-order valence-electron chi connectivity index (χ2n) is 4.98. The predicted octanol–water partition coefficient (Wildman–Crippen LogP) is 3.31. The summed E-state index contributed by atoms with van der Waals surface area (Å²) in [4.78, 5) is 14.2. The first kappa shape index (κ1) is 20.2. The van der Waals surface area contributed by atoms with Crippen LogP contribution in [0.1, 0.15) is 33.2 Å². The second kappa shape index (κ2) is 9.27. The molecule has 9 heteroatoms. The van der Waals surface area contributed by atoms with E-state index in [0.717, 1.165) is 6.42 Å². The van der Waals surface area contributed by atoms with Crippen LogP contribution in [0.4, 0.5) is 17.3 Å². The molecule has 0 spiro atoms. The molecule has 0 fully saturated rings. The molecule has 0 aliphatic carbocycles. The number of H-pyrrole nitrogens is 1. The van der Waals surface area contributed by atoms with Crippen molar-refractivity contribution in [2.24, 2.45) is 5.92 Å². The molecule has 4 nitrogen and oxygen atoms in total. The largest absolute Gasteiger partial charge is 0.673 e. The van der Waals surface area contributed by atoms with Crippen molar-refractivity contribution in [3.05, 3.63) is 30.9 Å². The molecule has 22 heavy (non-hydrogen) atoms. The third-order valence-electron chi connectivity index (χ3n) is 3.02. The number of halogens is 4. The lowest BCUT2D eigenvalue weighted by Gasteiger charge is -2.16. The fraction of sp³-hybridized carbons (Fsp3) is 0.538. The lowest BCUT2D eigenvalue weighted by Crippen LogP contribution is -2.39. The number of esters is 1. The highest BCUT2D eigenvalue weighted by atomic mass is 19.5. The smallest absolute Gasteiger partial charge is 0.462 e. The van der Waals surface area contributed by atoms with Gasteiger partial charge in [-0.05, 0) is 26.2 Å². The summed E-state index contributed by atoms with van der Waals surface area (Å²) in [6, 6.07) is 0.379. The molecule has 1 aromatic rings. The molecular weight excluding hydrogens is 303 g/mol. The van der Waals surface area contributed by atoms with Gasteiger partial charge in [-0.3, -0.25) is 4.98 Å². The van der Waals surface area contributed by atoms with Gasteiger partial charge < -0.3 is 22.0 Å². The molecule has 0 bridgehead atoms. The number of aromatic amines is 1. The molecule has 0 aromatic carbocycles. The molecular formula is C13H21BF4N2O2. The van der Waals surface area contributed by atoms with Gasteiger partial charge in [-0.15, -0.1) is 0 Å². The van der Waals surface area contributed by atoms with Crippen LogP contribution in [0.2, 0.25) is 0 Å². The minimum atomic E-state index is -6.00. The van der Waals surface area contributed by atoms with Crippen LogP contribution < -0.4 is 4.57 Å². The van der Waals surface area contributed by atoms with E-state index in [0.29, 0.717) is 24.1 Å². The Kier molecular flexibility index (Phi) is 8.51. The van der Waals surface area contributed by atoms with Crippen LogP contribution in [0.25, 0.3) is 0 Å². The summed E-state index contributed by atoms with van der Waals surface area (Å²) < 4.78 is 46.2.